The first-order valence-corrected chi connectivity index (χ1v) is 11.5. The van der Waals surface area contributed by atoms with Gasteiger partial charge in [-0.05, 0) is 37.7 Å². The van der Waals surface area contributed by atoms with Crippen LogP contribution in [0.1, 0.15) is 50.4 Å². The number of esters is 1. The van der Waals surface area contributed by atoms with Crippen molar-refractivity contribution in [2.24, 2.45) is 16.7 Å². The number of hydrogen-bond acceptors (Lipinski definition) is 5. The van der Waals surface area contributed by atoms with Gasteiger partial charge in [0.1, 0.15) is 10.6 Å². The zero-order valence-electron chi connectivity index (χ0n) is 17.6. The fourth-order valence-electron chi connectivity index (χ4n) is 6.15. The first kappa shape index (κ1) is 19.8. The minimum absolute atomic E-state index is 0.0545. The Balaban J connectivity index is 1.51. The lowest BCUT2D eigenvalue weighted by Gasteiger charge is -2.39. The van der Waals surface area contributed by atoms with E-state index in [0.29, 0.717) is 23.1 Å². The summed E-state index contributed by atoms with van der Waals surface area (Å²) < 4.78 is 11.6. The highest BCUT2D eigenvalue weighted by atomic mass is 32.1. The monoisotopic (exact) mass is 425 g/mol. The van der Waals surface area contributed by atoms with Crippen molar-refractivity contribution in [1.29, 1.82) is 0 Å². The number of benzene rings is 1. The number of carbonyl (C=O) groups excluding carboxylic acids is 2. The smallest absolute Gasteiger partial charge is 0.341 e. The van der Waals surface area contributed by atoms with E-state index in [4.69, 9.17) is 9.47 Å². The highest BCUT2D eigenvalue weighted by Crippen LogP contribution is 2.75. The fourth-order valence-corrected chi connectivity index (χ4v) is 7.10. The summed E-state index contributed by atoms with van der Waals surface area (Å²) in [6.07, 6.45) is 2.93. The van der Waals surface area contributed by atoms with E-state index in [1.54, 1.807) is 6.92 Å². The molecule has 1 aromatic carbocycles. The van der Waals surface area contributed by atoms with Gasteiger partial charge >= 0.3 is 5.97 Å². The van der Waals surface area contributed by atoms with Gasteiger partial charge in [-0.15, -0.1) is 11.3 Å². The van der Waals surface area contributed by atoms with Crippen LogP contribution in [-0.4, -0.2) is 30.7 Å². The molecule has 2 aliphatic carbocycles. The van der Waals surface area contributed by atoms with Gasteiger partial charge < -0.3 is 14.8 Å². The van der Waals surface area contributed by atoms with Gasteiger partial charge in [-0.2, -0.15) is 0 Å². The third kappa shape index (κ3) is 2.38. The van der Waals surface area contributed by atoms with E-state index in [1.807, 2.05) is 35.7 Å². The lowest BCUT2D eigenvalue weighted by Crippen LogP contribution is -2.52. The lowest BCUT2D eigenvalue weighted by atomic mass is 9.66. The van der Waals surface area contributed by atoms with Gasteiger partial charge in [0.2, 0.25) is 0 Å². The second kappa shape index (κ2) is 6.66. The maximum atomic E-state index is 13.6. The van der Waals surface area contributed by atoms with Crippen LogP contribution in [0.3, 0.4) is 0 Å². The summed E-state index contributed by atoms with van der Waals surface area (Å²) in [4.78, 5) is 26.5. The molecule has 0 radical (unpaired) electrons. The minimum atomic E-state index is -0.812. The number of rotatable bonds is 5. The van der Waals surface area contributed by atoms with Crippen LogP contribution in [0.25, 0.3) is 11.1 Å². The minimum Gasteiger partial charge on any atom is -0.462 e. The first-order valence-electron chi connectivity index (χ1n) is 10.7. The van der Waals surface area contributed by atoms with Crippen molar-refractivity contribution < 1.29 is 19.1 Å². The molecular formula is C24H27NO4S. The molecule has 2 heterocycles. The van der Waals surface area contributed by atoms with E-state index in [1.165, 1.54) is 11.3 Å². The van der Waals surface area contributed by atoms with E-state index in [-0.39, 0.29) is 23.3 Å². The molecule has 0 spiro atoms. The average molecular weight is 426 g/mol. The highest BCUT2D eigenvalue weighted by Gasteiger charge is 2.78. The zero-order chi connectivity index (χ0) is 21.1. The SMILES string of the molecule is CCOC(=O)c1c(-c2ccccc2)csc1NC(=O)[C@]12C[C@@H]3CC[C@@]1(C)[C@]3(C)CO2. The normalized spacial score (nSPS) is 33.6. The molecule has 1 saturated heterocycles. The van der Waals surface area contributed by atoms with E-state index >= 15 is 0 Å². The Morgan fingerprint density at radius 3 is 2.70 bits per heavy atom. The second-order valence-corrected chi connectivity index (χ2v) is 10.1. The number of hydrogen-bond donors (Lipinski definition) is 1. The van der Waals surface area contributed by atoms with E-state index in [9.17, 15) is 9.59 Å². The van der Waals surface area contributed by atoms with Crippen LogP contribution in [0, 0.1) is 16.7 Å². The molecule has 1 aliphatic heterocycles. The fraction of sp³-hybridized carbons (Fsp3) is 0.500. The summed E-state index contributed by atoms with van der Waals surface area (Å²) in [5.41, 5.74) is 1.20. The molecule has 30 heavy (non-hydrogen) atoms. The Hall–Kier alpha value is -2.18. The van der Waals surface area contributed by atoms with Gasteiger partial charge in [-0.1, -0.05) is 44.2 Å². The maximum Gasteiger partial charge on any atom is 0.341 e. The molecule has 1 amide bonds. The number of carbonyl (C=O) groups is 2. The topological polar surface area (TPSA) is 64.6 Å². The summed E-state index contributed by atoms with van der Waals surface area (Å²) in [7, 11) is 0. The van der Waals surface area contributed by atoms with Crippen molar-refractivity contribution in [3.05, 3.63) is 41.3 Å². The number of thiophene rings is 1. The second-order valence-electron chi connectivity index (χ2n) is 9.20. The highest BCUT2D eigenvalue weighted by molar-refractivity contribution is 7.15. The van der Waals surface area contributed by atoms with Crippen molar-refractivity contribution in [1.82, 2.24) is 0 Å². The Morgan fingerprint density at radius 2 is 2.03 bits per heavy atom. The zero-order valence-corrected chi connectivity index (χ0v) is 18.4. The van der Waals surface area contributed by atoms with Crippen molar-refractivity contribution in [2.75, 3.05) is 18.5 Å². The number of nitrogens with one attached hydrogen (secondary N) is 1. The molecule has 6 heteroatoms. The van der Waals surface area contributed by atoms with Crippen LogP contribution in [0.2, 0.25) is 0 Å². The van der Waals surface area contributed by atoms with Crippen LogP contribution >= 0.6 is 11.3 Å². The number of ether oxygens (including phenoxy) is 2. The van der Waals surface area contributed by atoms with Crippen LogP contribution in [0.4, 0.5) is 5.00 Å². The molecule has 2 aromatic rings. The molecule has 1 N–H and O–H groups in total. The van der Waals surface area contributed by atoms with Gasteiger partial charge in [0.05, 0.1) is 13.2 Å². The Bertz CT molecular complexity index is 1020. The molecule has 0 unspecified atom stereocenters. The quantitative estimate of drug-likeness (QED) is 0.675. The third-order valence-electron chi connectivity index (χ3n) is 8.15. The predicted octanol–water partition coefficient (Wildman–Crippen LogP) is 5.13. The van der Waals surface area contributed by atoms with Crippen LogP contribution < -0.4 is 5.32 Å². The summed E-state index contributed by atoms with van der Waals surface area (Å²) in [6.45, 7) is 7.18. The van der Waals surface area contributed by atoms with Gasteiger partial charge in [0.25, 0.3) is 5.91 Å². The van der Waals surface area contributed by atoms with Gasteiger partial charge in [0, 0.05) is 21.8 Å². The maximum absolute atomic E-state index is 13.6. The van der Waals surface area contributed by atoms with Gasteiger partial charge in [-0.25, -0.2) is 4.79 Å². The van der Waals surface area contributed by atoms with E-state index < -0.39 is 11.6 Å². The standard InChI is InChI=1S/C24H27NO4S/c1-4-28-20(26)18-17(15-8-6-5-7-9-15)13-30-19(18)25-21(27)24-12-16-10-11-23(24,3)22(16,2)14-29-24/h5-9,13,16H,4,10-12,14H2,1-3H3,(H,25,27)/t16-,22+,23-,24+/m0/s1. The molecule has 1 aromatic heterocycles. The first-order chi connectivity index (χ1) is 14.4. The summed E-state index contributed by atoms with van der Waals surface area (Å²) in [6, 6.07) is 9.71. The van der Waals surface area contributed by atoms with Crippen molar-refractivity contribution in [3.8, 4) is 11.1 Å². The van der Waals surface area contributed by atoms with Crippen molar-refractivity contribution in [2.45, 2.75) is 45.6 Å². The van der Waals surface area contributed by atoms with Crippen LogP contribution in [-0.2, 0) is 14.3 Å². The Labute approximate surface area is 180 Å². The molecule has 4 bridgehead atoms. The molecular weight excluding hydrogens is 398 g/mol. The van der Waals surface area contributed by atoms with Crippen LogP contribution in [0.5, 0.6) is 0 Å². The van der Waals surface area contributed by atoms with Crippen molar-refractivity contribution in [3.63, 3.8) is 0 Å². The molecule has 4 atom stereocenters. The molecule has 5 nitrogen and oxygen atoms in total. The van der Waals surface area contributed by atoms with Crippen LogP contribution in [0.15, 0.2) is 35.7 Å². The van der Waals surface area contributed by atoms with Gasteiger partial charge in [0.15, 0.2) is 5.60 Å². The largest absolute Gasteiger partial charge is 0.462 e. The van der Waals surface area contributed by atoms with Crippen molar-refractivity contribution >= 4 is 28.2 Å². The summed E-state index contributed by atoms with van der Waals surface area (Å²) >= 11 is 1.36. The average Bonchev–Trinajstić information content (AvgIpc) is 3.39. The van der Waals surface area contributed by atoms with E-state index in [0.717, 1.165) is 30.4 Å². The number of amides is 1. The number of anilines is 1. The summed E-state index contributed by atoms with van der Waals surface area (Å²) in [5, 5.41) is 5.53. The van der Waals surface area contributed by atoms with Gasteiger partial charge in [-0.3, -0.25) is 4.79 Å². The van der Waals surface area contributed by atoms with E-state index in [2.05, 4.69) is 19.2 Å². The Morgan fingerprint density at radius 1 is 1.27 bits per heavy atom. The molecule has 158 valence electrons. The third-order valence-corrected chi connectivity index (χ3v) is 9.04. The predicted molar refractivity (Wildman–Crippen MR) is 117 cm³/mol. The molecule has 2 saturated carbocycles. The summed E-state index contributed by atoms with van der Waals surface area (Å²) in [5.74, 6) is -0.0144. The molecule has 5 rings (SSSR count). The molecule has 3 aliphatic rings. The Kier molecular flexibility index (Phi) is 4.39. The lowest BCUT2D eigenvalue weighted by molar-refractivity contribution is -0.149. The molecule has 3 fully saturated rings.